The zero-order chi connectivity index (χ0) is 21.5. The molecule has 8 nitrogen and oxygen atoms in total. The first-order valence-electron chi connectivity index (χ1n) is 9.41. The van der Waals surface area contributed by atoms with Crippen LogP contribution in [0.4, 0.5) is 4.79 Å². The normalized spacial score (nSPS) is 13.4. The Balaban J connectivity index is 1.45. The molecule has 4 N–H and O–H groups in total. The van der Waals surface area contributed by atoms with Crippen LogP contribution >= 0.6 is 0 Å². The van der Waals surface area contributed by atoms with Crippen LogP contribution in [0.2, 0.25) is 0 Å². The first kappa shape index (κ1) is 21.1. The zero-order valence-electron chi connectivity index (χ0n) is 16.1. The maximum absolute atomic E-state index is 12.0. The molecule has 0 spiro atoms. The quantitative estimate of drug-likeness (QED) is 0.491. The van der Waals surface area contributed by atoms with Gasteiger partial charge in [0.2, 0.25) is 5.91 Å². The number of hydrogen-bond acceptors (Lipinski definition) is 5. The minimum absolute atomic E-state index is 0.0369. The van der Waals surface area contributed by atoms with Gasteiger partial charge >= 0.3 is 12.1 Å². The van der Waals surface area contributed by atoms with Crippen molar-refractivity contribution in [3.63, 3.8) is 0 Å². The maximum Gasteiger partial charge on any atom is 0.407 e. The van der Waals surface area contributed by atoms with Gasteiger partial charge in [-0.15, -0.1) is 0 Å². The first-order chi connectivity index (χ1) is 14.5. The molecule has 2 amide bonds. The van der Waals surface area contributed by atoms with E-state index < -0.39 is 30.6 Å². The van der Waals surface area contributed by atoms with Crippen molar-refractivity contribution in [1.29, 1.82) is 0 Å². The average Bonchev–Trinajstić information content (AvgIpc) is 3.07. The van der Waals surface area contributed by atoms with Crippen molar-refractivity contribution in [3.05, 3.63) is 71.8 Å². The van der Waals surface area contributed by atoms with Gasteiger partial charge in [-0.1, -0.05) is 54.6 Å². The lowest BCUT2D eigenvalue weighted by molar-refractivity contribution is -0.146. The number of aliphatic hydroxyl groups excluding tert-OH is 1. The number of nitrogens with one attached hydrogen (secondary N) is 2. The minimum Gasteiger partial charge on any atom is -0.479 e. The van der Waals surface area contributed by atoms with E-state index in [0.29, 0.717) is 0 Å². The Kier molecular flexibility index (Phi) is 6.82. The number of benzene rings is 2. The molecule has 0 aliphatic heterocycles. The van der Waals surface area contributed by atoms with Crippen molar-refractivity contribution in [3.8, 4) is 11.1 Å². The number of carbonyl (C=O) groups excluding carboxylic acids is 2. The molecule has 2 aromatic carbocycles. The summed E-state index contributed by atoms with van der Waals surface area (Å²) in [6.45, 7) is -0.152. The predicted molar refractivity (Wildman–Crippen MR) is 109 cm³/mol. The van der Waals surface area contributed by atoms with E-state index in [1.165, 1.54) is 6.08 Å². The van der Waals surface area contributed by atoms with Crippen molar-refractivity contribution < 1.29 is 29.3 Å². The predicted octanol–water partition coefficient (Wildman–Crippen LogP) is 1.64. The summed E-state index contributed by atoms with van der Waals surface area (Å²) in [4.78, 5) is 34.0. The summed E-state index contributed by atoms with van der Waals surface area (Å²) in [5, 5.41) is 22.4. The van der Waals surface area contributed by atoms with Crippen molar-refractivity contribution in [2.75, 3.05) is 19.7 Å². The third-order valence-electron chi connectivity index (χ3n) is 4.73. The van der Waals surface area contributed by atoms with Crippen LogP contribution in [0.5, 0.6) is 0 Å². The van der Waals surface area contributed by atoms with Crippen LogP contribution in [0, 0.1) is 0 Å². The lowest BCUT2D eigenvalue weighted by Crippen LogP contribution is -2.35. The molecule has 0 radical (unpaired) electrons. The van der Waals surface area contributed by atoms with E-state index in [1.807, 2.05) is 36.4 Å². The van der Waals surface area contributed by atoms with Gasteiger partial charge in [-0.05, 0) is 22.3 Å². The molecule has 156 valence electrons. The highest BCUT2D eigenvalue weighted by molar-refractivity contribution is 5.88. The van der Waals surface area contributed by atoms with Crippen LogP contribution in [-0.2, 0) is 14.3 Å². The van der Waals surface area contributed by atoms with Gasteiger partial charge in [0.25, 0.3) is 0 Å². The molecule has 0 saturated heterocycles. The Labute approximate surface area is 173 Å². The summed E-state index contributed by atoms with van der Waals surface area (Å²) in [5.74, 6) is -2.04. The van der Waals surface area contributed by atoms with Crippen LogP contribution in [0.25, 0.3) is 11.1 Å². The molecule has 1 aliphatic rings. The number of aliphatic hydroxyl groups is 1. The Morgan fingerprint density at radius 1 is 1.00 bits per heavy atom. The molecule has 3 rings (SSSR count). The van der Waals surface area contributed by atoms with E-state index in [4.69, 9.17) is 14.9 Å². The Morgan fingerprint density at radius 2 is 1.60 bits per heavy atom. The first-order valence-corrected chi connectivity index (χ1v) is 9.41. The molecule has 8 heteroatoms. The summed E-state index contributed by atoms with van der Waals surface area (Å²) >= 11 is 0. The van der Waals surface area contributed by atoms with E-state index in [0.717, 1.165) is 28.3 Å². The lowest BCUT2D eigenvalue weighted by atomic mass is 9.98. The molecule has 30 heavy (non-hydrogen) atoms. The van der Waals surface area contributed by atoms with Gasteiger partial charge in [0.15, 0.2) is 6.10 Å². The second-order valence-electron chi connectivity index (χ2n) is 6.71. The summed E-state index contributed by atoms with van der Waals surface area (Å²) in [6, 6.07) is 16.1. The fourth-order valence-corrected chi connectivity index (χ4v) is 3.30. The number of ether oxygens (including phenoxy) is 1. The second-order valence-corrected chi connectivity index (χ2v) is 6.71. The Morgan fingerprint density at radius 3 is 2.20 bits per heavy atom. The maximum atomic E-state index is 12.0. The topological polar surface area (TPSA) is 125 Å². The Bertz CT molecular complexity index is 926. The molecule has 0 heterocycles. The summed E-state index contributed by atoms with van der Waals surface area (Å²) < 4.78 is 5.37. The highest BCUT2D eigenvalue weighted by atomic mass is 16.5. The van der Waals surface area contributed by atoms with Crippen molar-refractivity contribution in [1.82, 2.24) is 10.6 Å². The third kappa shape index (κ3) is 5.03. The van der Waals surface area contributed by atoms with Gasteiger partial charge in [-0.3, -0.25) is 4.79 Å². The fraction of sp³-hybridized carbons (Fsp3) is 0.227. The van der Waals surface area contributed by atoms with E-state index in [-0.39, 0.29) is 19.1 Å². The van der Waals surface area contributed by atoms with Gasteiger partial charge in [0, 0.05) is 18.5 Å². The molecular formula is C22H22N2O6. The van der Waals surface area contributed by atoms with Crippen molar-refractivity contribution in [2.24, 2.45) is 0 Å². The molecular weight excluding hydrogens is 388 g/mol. The molecule has 0 bridgehead atoms. The van der Waals surface area contributed by atoms with Crippen LogP contribution in [0.1, 0.15) is 17.0 Å². The number of hydrogen-bond donors (Lipinski definition) is 4. The summed E-state index contributed by atoms with van der Waals surface area (Å²) in [7, 11) is 0. The minimum atomic E-state index is -1.67. The van der Waals surface area contributed by atoms with Gasteiger partial charge in [0.05, 0.1) is 6.54 Å². The Hall–Kier alpha value is -3.65. The van der Waals surface area contributed by atoms with Crippen LogP contribution in [-0.4, -0.2) is 54.0 Å². The number of alkyl carbamates (subject to hydrolysis) is 1. The van der Waals surface area contributed by atoms with Crippen LogP contribution in [0.15, 0.2) is 60.7 Å². The number of carboxylic acid groups (broad SMARTS) is 1. The highest BCUT2D eigenvalue weighted by Gasteiger charge is 2.28. The van der Waals surface area contributed by atoms with Crippen LogP contribution in [0.3, 0.4) is 0 Å². The fourth-order valence-electron chi connectivity index (χ4n) is 3.30. The average molecular weight is 410 g/mol. The lowest BCUT2D eigenvalue weighted by Gasteiger charge is -2.14. The molecule has 1 aliphatic carbocycles. The number of fused-ring (bicyclic) bond motifs is 3. The second kappa shape index (κ2) is 9.71. The van der Waals surface area contributed by atoms with Gasteiger partial charge in [-0.25, -0.2) is 9.59 Å². The molecule has 0 fully saturated rings. The highest BCUT2D eigenvalue weighted by Crippen LogP contribution is 2.44. The third-order valence-corrected chi connectivity index (χ3v) is 4.73. The number of carbonyl (C=O) groups is 3. The molecule has 0 saturated carbocycles. The smallest absolute Gasteiger partial charge is 0.407 e. The molecule has 1 atom stereocenters. The molecule has 0 unspecified atom stereocenters. The van der Waals surface area contributed by atoms with E-state index in [2.05, 4.69) is 22.8 Å². The largest absolute Gasteiger partial charge is 0.479 e. The number of rotatable bonds is 8. The number of aliphatic carboxylic acids is 1. The van der Waals surface area contributed by atoms with E-state index >= 15 is 0 Å². The number of carboxylic acids is 1. The molecule has 2 aromatic rings. The standard InChI is InChI=1S/C22H22N2O6/c25-19(21(27)28)12-24-20(26)10-5-11-23-22(29)30-13-18-16-8-3-1-6-14(16)15-7-2-4-9-17(15)18/h1-10,18-19,25H,11-13H2,(H,23,29)(H,24,26)(H,27,28)/b10-5+/t19-/m0/s1. The summed E-state index contributed by atoms with van der Waals surface area (Å²) in [5.41, 5.74) is 4.52. The van der Waals surface area contributed by atoms with Gasteiger partial charge in [0.1, 0.15) is 6.61 Å². The van der Waals surface area contributed by atoms with Crippen LogP contribution < -0.4 is 10.6 Å². The molecule has 0 aromatic heterocycles. The van der Waals surface area contributed by atoms with Gasteiger partial charge < -0.3 is 25.6 Å². The monoisotopic (exact) mass is 410 g/mol. The SMILES string of the molecule is O=C(/C=C/CNC(=O)OCC1c2ccccc2-c2ccccc21)NC[C@H](O)C(=O)O. The van der Waals surface area contributed by atoms with E-state index in [1.54, 1.807) is 0 Å². The summed E-state index contributed by atoms with van der Waals surface area (Å²) in [6.07, 6.45) is 0.256. The van der Waals surface area contributed by atoms with Crippen molar-refractivity contribution >= 4 is 18.0 Å². The number of amides is 2. The zero-order valence-corrected chi connectivity index (χ0v) is 16.1. The van der Waals surface area contributed by atoms with Crippen molar-refractivity contribution in [2.45, 2.75) is 12.0 Å². The van der Waals surface area contributed by atoms with E-state index in [9.17, 15) is 14.4 Å². The van der Waals surface area contributed by atoms with Gasteiger partial charge in [-0.2, -0.15) is 0 Å².